The summed E-state index contributed by atoms with van der Waals surface area (Å²) in [6, 6.07) is 9.24. The van der Waals surface area contributed by atoms with Crippen molar-refractivity contribution in [3.8, 4) is 11.4 Å². The van der Waals surface area contributed by atoms with Crippen LogP contribution >= 0.6 is 0 Å². The summed E-state index contributed by atoms with van der Waals surface area (Å²) in [5.74, 6) is -1.03. The van der Waals surface area contributed by atoms with Crippen molar-refractivity contribution in [1.29, 1.82) is 0 Å². The Kier molecular flexibility index (Phi) is 6.08. The lowest BCUT2D eigenvalue weighted by atomic mass is 9.61. The van der Waals surface area contributed by atoms with Crippen LogP contribution in [0.5, 0.6) is 0 Å². The Balaban J connectivity index is 1.40. The maximum Gasteiger partial charge on any atom is 0.308 e. The van der Waals surface area contributed by atoms with E-state index < -0.39 is 27.7 Å². The fraction of sp³-hybridized carbons (Fsp3) is 0.333. The number of rotatable bonds is 6. The number of anilines is 1. The molecule has 0 saturated heterocycles. The summed E-state index contributed by atoms with van der Waals surface area (Å²) in [5.41, 5.74) is 1.82. The smallest absolute Gasteiger partial charge is 0.308 e. The molecule has 216 valence electrons. The van der Waals surface area contributed by atoms with Crippen molar-refractivity contribution in [3.05, 3.63) is 66.4 Å². The van der Waals surface area contributed by atoms with Gasteiger partial charge in [-0.25, -0.2) is 31.7 Å². The topological polar surface area (TPSA) is 132 Å². The van der Waals surface area contributed by atoms with E-state index in [9.17, 15) is 22.7 Å². The third kappa shape index (κ3) is 4.15. The molecule has 2 N–H and O–H groups in total. The standard InChI is InChI=1S/C30H29FN6O4S/c1-16-3-9-20(10-4-16)42(40,41)37-15-23(22-13-19(31)14-32-28(22)37)27-34-26(21-11-12-36(2)29(21)35-27)33-25-18-7-5-17(6-8-18)24(25)30(38)39/h3-4,9-15,17-18,24-25H,5-8H2,1-2H3,(H,38,39)(H,33,34,35). The van der Waals surface area contributed by atoms with E-state index in [1.165, 1.54) is 24.4 Å². The Morgan fingerprint density at radius 3 is 2.45 bits per heavy atom. The van der Waals surface area contributed by atoms with Gasteiger partial charge in [0.2, 0.25) is 0 Å². The number of hydrogen-bond donors (Lipinski definition) is 2. The van der Waals surface area contributed by atoms with Crippen LogP contribution in [0.3, 0.4) is 0 Å². The van der Waals surface area contributed by atoms with Crippen molar-refractivity contribution in [1.82, 2.24) is 23.5 Å². The minimum atomic E-state index is -4.09. The molecular formula is C30H29FN6O4S. The van der Waals surface area contributed by atoms with Crippen LogP contribution in [0, 0.1) is 30.5 Å². The molecule has 2 bridgehead atoms. The predicted molar refractivity (Wildman–Crippen MR) is 155 cm³/mol. The van der Waals surface area contributed by atoms with E-state index in [1.807, 2.05) is 30.8 Å². The summed E-state index contributed by atoms with van der Waals surface area (Å²) >= 11 is 0. The van der Waals surface area contributed by atoms with Gasteiger partial charge in [0.1, 0.15) is 17.3 Å². The first-order chi connectivity index (χ1) is 20.1. The number of fused-ring (bicyclic) bond motifs is 5. The van der Waals surface area contributed by atoms with Gasteiger partial charge < -0.3 is 15.0 Å². The van der Waals surface area contributed by atoms with Crippen molar-refractivity contribution >= 4 is 43.9 Å². The van der Waals surface area contributed by atoms with E-state index in [1.54, 1.807) is 12.1 Å². The zero-order chi connectivity index (χ0) is 29.3. The van der Waals surface area contributed by atoms with Gasteiger partial charge in [0.05, 0.1) is 22.4 Å². The second-order valence-corrected chi connectivity index (χ2v) is 13.3. The molecule has 42 heavy (non-hydrogen) atoms. The molecule has 0 spiro atoms. The van der Waals surface area contributed by atoms with E-state index in [2.05, 4.69) is 10.3 Å². The van der Waals surface area contributed by atoms with Crippen LogP contribution < -0.4 is 5.32 Å². The normalized spacial score (nSPS) is 22.2. The largest absolute Gasteiger partial charge is 0.481 e. The quantitative estimate of drug-likeness (QED) is 0.284. The van der Waals surface area contributed by atoms with Crippen LogP contribution in [0.25, 0.3) is 33.5 Å². The van der Waals surface area contributed by atoms with E-state index >= 15 is 0 Å². The minimum Gasteiger partial charge on any atom is -0.481 e. The molecule has 5 aromatic rings. The van der Waals surface area contributed by atoms with Gasteiger partial charge in [-0.05, 0) is 68.7 Å². The van der Waals surface area contributed by atoms with Crippen LogP contribution in [-0.4, -0.2) is 49.0 Å². The minimum absolute atomic E-state index is 0.0487. The van der Waals surface area contributed by atoms with Gasteiger partial charge in [0.15, 0.2) is 11.5 Å². The number of aliphatic carboxylic acids is 1. The third-order valence-electron chi connectivity index (χ3n) is 8.93. The van der Waals surface area contributed by atoms with Crippen molar-refractivity contribution in [3.63, 3.8) is 0 Å². The van der Waals surface area contributed by atoms with Crippen molar-refractivity contribution < 1.29 is 22.7 Å². The summed E-state index contributed by atoms with van der Waals surface area (Å²) in [6.07, 6.45) is 7.91. The lowest BCUT2D eigenvalue weighted by Gasteiger charge is -2.47. The van der Waals surface area contributed by atoms with Crippen molar-refractivity contribution in [2.24, 2.45) is 24.8 Å². The van der Waals surface area contributed by atoms with Crippen LogP contribution in [0.15, 0.2) is 59.9 Å². The molecule has 8 rings (SSSR count). The summed E-state index contributed by atoms with van der Waals surface area (Å²) in [7, 11) is -2.26. The van der Waals surface area contributed by atoms with Crippen LogP contribution in [-0.2, 0) is 21.9 Å². The highest BCUT2D eigenvalue weighted by Gasteiger charge is 2.47. The molecule has 0 radical (unpaired) electrons. The maximum atomic E-state index is 14.5. The highest BCUT2D eigenvalue weighted by Crippen LogP contribution is 2.47. The van der Waals surface area contributed by atoms with Crippen LogP contribution in [0.1, 0.15) is 31.2 Å². The number of benzene rings is 1. The molecule has 3 saturated carbocycles. The lowest BCUT2D eigenvalue weighted by Crippen LogP contribution is -2.51. The molecule has 2 atom stereocenters. The average molecular weight is 589 g/mol. The number of nitrogens with one attached hydrogen (secondary N) is 1. The second-order valence-electron chi connectivity index (χ2n) is 11.5. The summed E-state index contributed by atoms with van der Waals surface area (Å²) in [5, 5.41) is 14.5. The lowest BCUT2D eigenvalue weighted by molar-refractivity contribution is -0.148. The number of hydrogen-bond acceptors (Lipinski definition) is 7. The number of halogens is 1. The van der Waals surface area contributed by atoms with E-state index in [0.717, 1.165) is 41.4 Å². The maximum absolute atomic E-state index is 14.5. The number of carbonyl (C=O) groups is 1. The van der Waals surface area contributed by atoms with Gasteiger partial charge in [-0.15, -0.1) is 0 Å². The molecule has 0 aliphatic heterocycles. The summed E-state index contributed by atoms with van der Waals surface area (Å²) in [6.45, 7) is 1.86. The molecule has 3 fully saturated rings. The molecule has 3 aliphatic rings. The SMILES string of the molecule is Cc1ccc(S(=O)(=O)n2cc(-c3nc(NC4C5CCC(CC5)C4C(=O)O)c4ccn(C)c4n3)c3cc(F)cnc32)cc1. The first-order valence-corrected chi connectivity index (χ1v) is 15.4. The zero-order valence-electron chi connectivity index (χ0n) is 23.0. The van der Waals surface area contributed by atoms with Gasteiger partial charge in [-0.3, -0.25) is 4.79 Å². The van der Waals surface area contributed by atoms with Gasteiger partial charge in [0.25, 0.3) is 10.0 Å². The molecule has 3 aliphatic carbocycles. The molecular weight excluding hydrogens is 559 g/mol. The predicted octanol–water partition coefficient (Wildman–Crippen LogP) is 4.97. The third-order valence-corrected chi connectivity index (χ3v) is 10.6. The first-order valence-electron chi connectivity index (χ1n) is 13.9. The van der Waals surface area contributed by atoms with Gasteiger partial charge in [0, 0.05) is 36.4 Å². The number of aromatic nitrogens is 5. The first kappa shape index (κ1) is 26.6. The number of carboxylic acids is 1. The fourth-order valence-electron chi connectivity index (χ4n) is 6.78. The monoisotopic (exact) mass is 588 g/mol. The summed E-state index contributed by atoms with van der Waals surface area (Å²) in [4.78, 5) is 26.1. The Labute approximate surface area is 241 Å². The average Bonchev–Trinajstić information content (AvgIpc) is 3.54. The van der Waals surface area contributed by atoms with Crippen molar-refractivity contribution in [2.75, 3.05) is 5.32 Å². The van der Waals surface area contributed by atoms with E-state index in [-0.39, 0.29) is 39.6 Å². The number of nitrogens with zero attached hydrogens (tertiary/aromatic N) is 5. The van der Waals surface area contributed by atoms with Crippen molar-refractivity contribution in [2.45, 2.75) is 43.5 Å². The molecule has 1 aromatic carbocycles. The van der Waals surface area contributed by atoms with Gasteiger partial charge in [-0.1, -0.05) is 17.7 Å². The number of pyridine rings is 1. The fourth-order valence-corrected chi connectivity index (χ4v) is 8.10. The molecule has 4 heterocycles. The molecule has 2 unspecified atom stereocenters. The zero-order valence-corrected chi connectivity index (χ0v) is 23.8. The summed E-state index contributed by atoms with van der Waals surface area (Å²) < 4.78 is 44.8. The molecule has 4 aromatic heterocycles. The molecule has 12 heteroatoms. The second kappa shape index (κ2) is 9.62. The highest BCUT2D eigenvalue weighted by molar-refractivity contribution is 7.90. The van der Waals surface area contributed by atoms with E-state index in [0.29, 0.717) is 22.4 Å². The van der Waals surface area contributed by atoms with E-state index in [4.69, 9.17) is 9.97 Å². The Morgan fingerprint density at radius 2 is 1.74 bits per heavy atom. The van der Waals surface area contributed by atoms with Crippen LogP contribution in [0.4, 0.5) is 10.2 Å². The van der Waals surface area contributed by atoms with Crippen LogP contribution in [0.2, 0.25) is 0 Å². The Hall–Kier alpha value is -4.32. The Bertz CT molecular complexity index is 1980. The van der Waals surface area contributed by atoms with Gasteiger partial charge >= 0.3 is 5.97 Å². The molecule has 10 nitrogen and oxygen atoms in total. The number of carboxylic acid groups (broad SMARTS) is 1. The highest BCUT2D eigenvalue weighted by atomic mass is 32.2. The number of aryl methyl sites for hydroxylation is 2. The Morgan fingerprint density at radius 1 is 1.02 bits per heavy atom. The molecule has 0 amide bonds. The van der Waals surface area contributed by atoms with Gasteiger partial charge in [-0.2, -0.15) is 0 Å².